The van der Waals surface area contributed by atoms with Crippen molar-refractivity contribution >= 4 is 52.7 Å². The van der Waals surface area contributed by atoms with Crippen molar-refractivity contribution in [3.8, 4) is 0 Å². The highest BCUT2D eigenvalue weighted by molar-refractivity contribution is 7.80. The molecule has 2 amide bonds. The maximum atomic E-state index is 12.7. The molecule has 0 atom stereocenters. The summed E-state index contributed by atoms with van der Waals surface area (Å²) in [5.74, 6) is -3.91. The zero-order valence-electron chi connectivity index (χ0n) is 22.8. The predicted octanol–water partition coefficient (Wildman–Crippen LogP) is 1.62. The lowest BCUT2D eigenvalue weighted by atomic mass is 9.76. The van der Waals surface area contributed by atoms with E-state index in [1.807, 2.05) is 0 Å². The maximum Gasteiger partial charge on any atom is 0.342 e. The van der Waals surface area contributed by atoms with Crippen LogP contribution in [0.5, 0.6) is 0 Å². The second-order valence-electron chi connectivity index (χ2n) is 9.40. The summed E-state index contributed by atoms with van der Waals surface area (Å²) in [6, 6.07) is 0. The third kappa shape index (κ3) is 9.11. The fourth-order valence-corrected chi connectivity index (χ4v) is 4.49. The molecule has 228 valence electrons. The van der Waals surface area contributed by atoms with Crippen LogP contribution in [0, 0.1) is 39.5 Å². The molecule has 42 heavy (non-hydrogen) atoms. The minimum Gasteiger partial charge on any atom is -0.481 e. The van der Waals surface area contributed by atoms with Gasteiger partial charge in [-0.05, 0) is 34.9 Å². The second-order valence-corrected chi connectivity index (χ2v) is 9.81. The molecule has 2 heterocycles. The van der Waals surface area contributed by atoms with Crippen molar-refractivity contribution < 1.29 is 39.2 Å². The van der Waals surface area contributed by atoms with Crippen LogP contribution in [0.3, 0.4) is 0 Å². The second kappa shape index (κ2) is 14.7. The molecule has 0 aliphatic heterocycles. The molecule has 0 saturated heterocycles. The van der Waals surface area contributed by atoms with E-state index in [-0.39, 0.29) is 80.0 Å². The molecular weight excluding hydrogens is 580 g/mol. The number of carboxylic acids is 2. The van der Waals surface area contributed by atoms with E-state index in [9.17, 15) is 44.5 Å². The van der Waals surface area contributed by atoms with E-state index in [1.54, 1.807) is 0 Å². The van der Waals surface area contributed by atoms with E-state index in [2.05, 4.69) is 20.6 Å². The number of rotatable bonds is 16. The number of nitrogens with zero attached hydrogens (tertiary/aromatic N) is 6. The summed E-state index contributed by atoms with van der Waals surface area (Å²) < 4.78 is 2.47. The first-order chi connectivity index (χ1) is 19.7. The first kappa shape index (κ1) is 33.4. The minimum atomic E-state index is -1.69. The van der Waals surface area contributed by atoms with Gasteiger partial charge in [0.1, 0.15) is 12.4 Å². The quantitative estimate of drug-likeness (QED) is 0.120. The third-order valence-corrected chi connectivity index (χ3v) is 6.86. The topological polar surface area (TPSA) is 255 Å². The summed E-state index contributed by atoms with van der Waals surface area (Å²) in [4.78, 5) is 77.2. The fraction of sp³-hybridized carbons (Fsp3) is 0.522. The van der Waals surface area contributed by atoms with Crippen LogP contribution in [-0.2, 0) is 32.3 Å². The van der Waals surface area contributed by atoms with Crippen LogP contribution in [0.25, 0.3) is 0 Å². The van der Waals surface area contributed by atoms with Crippen LogP contribution in [0.1, 0.15) is 56.6 Å². The molecule has 0 saturated carbocycles. The summed E-state index contributed by atoms with van der Waals surface area (Å²) in [7, 11) is 0. The molecule has 0 fully saturated rings. The number of carbonyl (C=O) groups excluding carboxylic acids is 2. The van der Waals surface area contributed by atoms with Crippen LogP contribution in [0.15, 0.2) is 12.4 Å². The molecule has 19 heteroatoms. The van der Waals surface area contributed by atoms with Crippen molar-refractivity contribution in [2.24, 2.45) is 5.41 Å². The predicted molar refractivity (Wildman–Crippen MR) is 146 cm³/mol. The number of nitro groups is 2. The summed E-state index contributed by atoms with van der Waals surface area (Å²) >= 11 is 4.94. The van der Waals surface area contributed by atoms with Gasteiger partial charge in [0.15, 0.2) is 16.8 Å². The zero-order valence-corrected chi connectivity index (χ0v) is 23.6. The molecule has 0 unspecified atom stereocenters. The molecule has 4 N–H and O–H groups in total. The Morgan fingerprint density at radius 1 is 0.857 bits per heavy atom. The molecular formula is C23H30N8O10S. The van der Waals surface area contributed by atoms with Crippen molar-refractivity contribution in [2.45, 2.75) is 71.9 Å². The molecule has 0 aromatic carbocycles. The summed E-state index contributed by atoms with van der Waals surface area (Å²) in [5.41, 5.74) is -1.69. The van der Waals surface area contributed by atoms with Crippen molar-refractivity contribution in [1.82, 2.24) is 29.7 Å². The number of aryl methyl sites for hydroxylation is 2. The van der Waals surface area contributed by atoms with Gasteiger partial charge < -0.3 is 41.1 Å². The Morgan fingerprint density at radius 3 is 1.71 bits per heavy atom. The number of imidazole rings is 2. The number of aromatic nitrogens is 4. The maximum absolute atomic E-state index is 12.7. The monoisotopic (exact) mass is 610 g/mol. The lowest BCUT2D eigenvalue weighted by Crippen LogP contribution is -2.43. The van der Waals surface area contributed by atoms with E-state index in [0.29, 0.717) is 0 Å². The first-order valence-electron chi connectivity index (χ1n) is 12.6. The molecule has 0 spiro atoms. The fourth-order valence-electron chi connectivity index (χ4n) is 4.27. The van der Waals surface area contributed by atoms with Gasteiger partial charge in [0.2, 0.25) is 11.8 Å². The van der Waals surface area contributed by atoms with Gasteiger partial charge in [0, 0.05) is 46.0 Å². The van der Waals surface area contributed by atoms with Crippen molar-refractivity contribution in [3.05, 3.63) is 44.3 Å². The Hall–Kier alpha value is -4.81. The van der Waals surface area contributed by atoms with E-state index < -0.39 is 45.4 Å². The molecule has 18 nitrogen and oxygen atoms in total. The minimum absolute atomic E-state index is 0.0575. The Balaban J connectivity index is 2.21. The van der Waals surface area contributed by atoms with E-state index in [0.717, 1.165) is 12.4 Å². The van der Waals surface area contributed by atoms with E-state index >= 15 is 0 Å². The van der Waals surface area contributed by atoms with Crippen LogP contribution >= 0.6 is 12.2 Å². The molecule has 0 aliphatic rings. The lowest BCUT2D eigenvalue weighted by molar-refractivity contribution is -0.392. The Bertz CT molecular complexity index is 1320. The number of carboxylic acid groups (broad SMARTS) is 2. The van der Waals surface area contributed by atoms with Crippen molar-refractivity contribution in [2.75, 3.05) is 0 Å². The van der Waals surface area contributed by atoms with E-state index in [4.69, 9.17) is 17.3 Å². The number of hydrogen-bond acceptors (Lipinski definition) is 11. The zero-order chi connectivity index (χ0) is 31.6. The summed E-state index contributed by atoms with van der Waals surface area (Å²) in [6.07, 6.45) is 0.698. The Labute approximate surface area is 243 Å². The Kier molecular flexibility index (Phi) is 11.7. The average molecular weight is 611 g/mol. The number of aliphatic carboxylic acids is 2. The standard InChI is InChI=1S/C23H30N8O10S/c1-14-24-12-18(30(38)39)28(14)10-8-23(21(36)37,9-11-29-15(2)25-13-19(29)31(40)41)7-6-17(33)27-22(42)26-16(32)4-3-5-20(34)35/h12-13H,3-11H2,1-2H3,(H,34,35)(H,36,37)(H2,26,27,32,33,42). The normalized spacial score (nSPS) is 11.1. The molecule has 2 aromatic rings. The number of hydrogen-bond donors (Lipinski definition) is 4. The molecule has 0 bridgehead atoms. The molecule has 0 aliphatic carbocycles. The van der Waals surface area contributed by atoms with Gasteiger partial charge in [-0.15, -0.1) is 0 Å². The highest BCUT2D eigenvalue weighted by Gasteiger charge is 2.41. The lowest BCUT2D eigenvalue weighted by Gasteiger charge is -2.28. The van der Waals surface area contributed by atoms with Gasteiger partial charge in [-0.2, -0.15) is 0 Å². The average Bonchev–Trinajstić information content (AvgIpc) is 3.45. The third-order valence-electron chi connectivity index (χ3n) is 6.65. The number of thiocarbonyl (C=S) groups is 1. The Morgan fingerprint density at radius 2 is 1.31 bits per heavy atom. The first-order valence-corrected chi connectivity index (χ1v) is 13.0. The SMILES string of the molecule is Cc1ncc([N+](=O)[O-])n1CCC(CCC(=O)NC(=S)NC(=O)CCCC(=O)O)(CCn1c([N+](=O)[O-])cnc1C)C(=O)O. The van der Waals surface area contributed by atoms with E-state index in [1.165, 1.54) is 23.0 Å². The molecule has 2 aromatic heterocycles. The largest absolute Gasteiger partial charge is 0.481 e. The highest BCUT2D eigenvalue weighted by atomic mass is 32.1. The number of carbonyl (C=O) groups is 4. The highest BCUT2D eigenvalue weighted by Crippen LogP contribution is 2.36. The van der Waals surface area contributed by atoms with Crippen molar-refractivity contribution in [1.29, 1.82) is 0 Å². The summed E-state index contributed by atoms with van der Waals surface area (Å²) in [6.45, 7) is 2.73. The number of amides is 2. The summed E-state index contributed by atoms with van der Waals surface area (Å²) in [5, 5.41) is 46.0. The van der Waals surface area contributed by atoms with Gasteiger partial charge in [-0.1, -0.05) is 0 Å². The number of nitrogens with one attached hydrogen (secondary N) is 2. The van der Waals surface area contributed by atoms with Crippen LogP contribution in [0.2, 0.25) is 0 Å². The van der Waals surface area contributed by atoms with Gasteiger partial charge in [-0.25, -0.2) is 19.1 Å². The van der Waals surface area contributed by atoms with Gasteiger partial charge in [0.25, 0.3) is 0 Å². The van der Waals surface area contributed by atoms with Gasteiger partial charge >= 0.3 is 23.6 Å². The van der Waals surface area contributed by atoms with Crippen LogP contribution < -0.4 is 10.6 Å². The van der Waals surface area contributed by atoms with Crippen molar-refractivity contribution in [3.63, 3.8) is 0 Å². The van der Waals surface area contributed by atoms with Crippen LogP contribution in [-0.4, -0.2) is 68.0 Å². The smallest absolute Gasteiger partial charge is 0.342 e. The van der Waals surface area contributed by atoms with Gasteiger partial charge in [-0.3, -0.25) is 19.2 Å². The molecule has 0 radical (unpaired) electrons. The van der Waals surface area contributed by atoms with Crippen LogP contribution in [0.4, 0.5) is 11.6 Å². The van der Waals surface area contributed by atoms with Gasteiger partial charge in [0.05, 0.1) is 18.5 Å². The molecule has 2 rings (SSSR count).